The molecule has 2 heterocycles. The van der Waals surface area contributed by atoms with Crippen LogP contribution in [0.2, 0.25) is 0 Å². The molecule has 112 valence electrons. The van der Waals surface area contributed by atoms with E-state index in [1.165, 1.54) is 0 Å². The maximum atomic E-state index is 11.9. The minimum absolute atomic E-state index is 0.0137. The highest BCUT2D eigenvalue weighted by Gasteiger charge is 2.18. The number of piperidine rings is 1. The summed E-state index contributed by atoms with van der Waals surface area (Å²) in [5.74, 6) is 1.15. The van der Waals surface area contributed by atoms with Crippen LogP contribution in [0.4, 0.5) is 5.82 Å². The van der Waals surface area contributed by atoms with Gasteiger partial charge in [0.05, 0.1) is 5.75 Å². The van der Waals surface area contributed by atoms with Gasteiger partial charge in [-0.1, -0.05) is 20.8 Å². The summed E-state index contributed by atoms with van der Waals surface area (Å²) >= 11 is 1.75. The average Bonchev–Trinajstić information content (AvgIpc) is 2.86. The summed E-state index contributed by atoms with van der Waals surface area (Å²) in [5.41, 5.74) is 1.04. The maximum absolute atomic E-state index is 11.9. The number of H-pyrrole nitrogens is 1. The third kappa shape index (κ3) is 4.52. The number of amides is 1. The van der Waals surface area contributed by atoms with E-state index in [0.717, 1.165) is 31.6 Å². The number of aromatic amines is 1. The second-order valence-corrected chi connectivity index (χ2v) is 7.51. The monoisotopic (exact) mass is 296 g/mol. The van der Waals surface area contributed by atoms with Gasteiger partial charge in [0.2, 0.25) is 5.91 Å². The number of hydrogen-bond acceptors (Lipinski definition) is 4. The summed E-state index contributed by atoms with van der Waals surface area (Å²) in [5, 5.41) is 13.9. The fourth-order valence-electron chi connectivity index (χ4n) is 2.10. The summed E-state index contributed by atoms with van der Waals surface area (Å²) < 4.78 is 0. The molecular weight excluding hydrogens is 272 g/mol. The Balaban J connectivity index is 1.77. The molecule has 0 aliphatic carbocycles. The molecule has 0 saturated carbocycles. The lowest BCUT2D eigenvalue weighted by Gasteiger charge is -2.21. The number of carbonyl (C=O) groups is 1. The number of carbonyl (C=O) groups excluding carboxylic acids is 1. The molecule has 3 N–H and O–H groups in total. The first-order chi connectivity index (χ1) is 9.45. The smallest absolute Gasteiger partial charge is 0.235 e. The molecule has 1 aromatic heterocycles. The number of thioether (sulfide) groups is 1. The summed E-state index contributed by atoms with van der Waals surface area (Å²) in [6, 6.07) is 1.91. The number of hydrogen-bond donors (Lipinski definition) is 3. The van der Waals surface area contributed by atoms with Crippen LogP contribution in [0.15, 0.2) is 6.07 Å². The van der Waals surface area contributed by atoms with Gasteiger partial charge in [-0.05, 0) is 25.9 Å². The quantitative estimate of drug-likeness (QED) is 0.796. The van der Waals surface area contributed by atoms with E-state index in [0.29, 0.717) is 16.8 Å². The van der Waals surface area contributed by atoms with Gasteiger partial charge >= 0.3 is 0 Å². The molecule has 1 amide bonds. The third-order valence-corrected chi connectivity index (χ3v) is 4.76. The molecule has 1 fully saturated rings. The lowest BCUT2D eigenvalue weighted by atomic mass is 9.92. The Kier molecular flexibility index (Phi) is 5.10. The van der Waals surface area contributed by atoms with Crippen LogP contribution in [-0.2, 0) is 10.2 Å². The van der Waals surface area contributed by atoms with Crippen LogP contribution >= 0.6 is 11.8 Å². The standard InChI is InChI=1S/C14H24N4OS/c1-14(2,3)11-8-12(18-17-11)16-13(19)9-20-10-4-6-15-7-5-10/h8,10,15H,4-7,9H2,1-3H3,(H2,16,17,18,19). The number of nitrogens with zero attached hydrogens (tertiary/aromatic N) is 1. The zero-order valence-corrected chi connectivity index (χ0v) is 13.3. The van der Waals surface area contributed by atoms with Crippen molar-refractivity contribution in [2.75, 3.05) is 24.2 Å². The Morgan fingerprint density at radius 1 is 1.45 bits per heavy atom. The summed E-state index contributed by atoms with van der Waals surface area (Å²) in [6.07, 6.45) is 2.29. The Morgan fingerprint density at radius 2 is 2.15 bits per heavy atom. The fourth-order valence-corrected chi connectivity index (χ4v) is 3.13. The second-order valence-electron chi connectivity index (χ2n) is 6.23. The SMILES string of the molecule is CC(C)(C)c1cc(NC(=O)CSC2CCNCC2)n[nH]1. The Labute approximate surface area is 124 Å². The van der Waals surface area contributed by atoms with Crippen molar-refractivity contribution in [3.05, 3.63) is 11.8 Å². The molecule has 1 aliphatic rings. The highest BCUT2D eigenvalue weighted by molar-refractivity contribution is 8.00. The molecule has 0 aromatic carbocycles. The summed E-state index contributed by atoms with van der Waals surface area (Å²) in [6.45, 7) is 8.46. The molecule has 0 spiro atoms. The van der Waals surface area contributed by atoms with Crippen LogP contribution in [0.1, 0.15) is 39.3 Å². The topological polar surface area (TPSA) is 69.8 Å². The van der Waals surface area contributed by atoms with Gasteiger partial charge in [-0.2, -0.15) is 5.10 Å². The lowest BCUT2D eigenvalue weighted by Crippen LogP contribution is -2.30. The van der Waals surface area contributed by atoms with Crippen LogP contribution in [0.5, 0.6) is 0 Å². The first-order valence-corrected chi connectivity index (χ1v) is 8.18. The average molecular weight is 296 g/mol. The van der Waals surface area contributed by atoms with Gasteiger partial charge < -0.3 is 10.6 Å². The molecule has 1 aliphatic heterocycles. The summed E-state index contributed by atoms with van der Waals surface area (Å²) in [4.78, 5) is 11.9. The molecule has 6 heteroatoms. The van der Waals surface area contributed by atoms with Crippen LogP contribution in [0, 0.1) is 0 Å². The molecule has 2 rings (SSSR count). The minimum Gasteiger partial charge on any atom is -0.317 e. The van der Waals surface area contributed by atoms with Gasteiger partial charge in [0, 0.05) is 22.4 Å². The summed E-state index contributed by atoms with van der Waals surface area (Å²) in [7, 11) is 0. The van der Waals surface area contributed by atoms with E-state index in [-0.39, 0.29) is 11.3 Å². The van der Waals surface area contributed by atoms with Gasteiger partial charge in [0.15, 0.2) is 5.82 Å². The number of nitrogens with one attached hydrogen (secondary N) is 3. The number of rotatable bonds is 4. The normalized spacial score (nSPS) is 17.1. The fraction of sp³-hybridized carbons (Fsp3) is 0.714. The van der Waals surface area contributed by atoms with E-state index in [9.17, 15) is 4.79 Å². The van der Waals surface area contributed by atoms with Gasteiger partial charge in [0.1, 0.15) is 0 Å². The largest absolute Gasteiger partial charge is 0.317 e. The molecule has 0 bridgehead atoms. The number of anilines is 1. The molecule has 20 heavy (non-hydrogen) atoms. The van der Waals surface area contributed by atoms with Crippen molar-refractivity contribution in [1.82, 2.24) is 15.5 Å². The Hall–Kier alpha value is -1.01. The van der Waals surface area contributed by atoms with Gasteiger partial charge in [0.25, 0.3) is 0 Å². The first-order valence-electron chi connectivity index (χ1n) is 7.13. The first kappa shape index (κ1) is 15.4. The van der Waals surface area contributed by atoms with Crippen molar-refractivity contribution >= 4 is 23.5 Å². The van der Waals surface area contributed by atoms with Crippen molar-refractivity contribution in [3.63, 3.8) is 0 Å². The van der Waals surface area contributed by atoms with Crippen LogP contribution in [0.3, 0.4) is 0 Å². The van der Waals surface area contributed by atoms with E-state index >= 15 is 0 Å². The molecular formula is C14H24N4OS. The van der Waals surface area contributed by atoms with Crippen LogP contribution in [0.25, 0.3) is 0 Å². The highest BCUT2D eigenvalue weighted by atomic mass is 32.2. The minimum atomic E-state index is 0.0137. The Bertz CT molecular complexity index is 446. The zero-order valence-electron chi connectivity index (χ0n) is 12.5. The molecule has 0 radical (unpaired) electrons. The van der Waals surface area contributed by atoms with E-state index in [1.807, 2.05) is 6.07 Å². The van der Waals surface area contributed by atoms with Crippen molar-refractivity contribution in [3.8, 4) is 0 Å². The van der Waals surface area contributed by atoms with Crippen molar-refractivity contribution in [2.45, 2.75) is 44.3 Å². The van der Waals surface area contributed by atoms with Crippen LogP contribution < -0.4 is 10.6 Å². The van der Waals surface area contributed by atoms with Crippen LogP contribution in [-0.4, -0.2) is 40.2 Å². The lowest BCUT2D eigenvalue weighted by molar-refractivity contribution is -0.113. The van der Waals surface area contributed by atoms with Crippen molar-refractivity contribution < 1.29 is 4.79 Å². The van der Waals surface area contributed by atoms with Crippen molar-refractivity contribution in [1.29, 1.82) is 0 Å². The maximum Gasteiger partial charge on any atom is 0.235 e. The molecule has 0 unspecified atom stereocenters. The van der Waals surface area contributed by atoms with Crippen molar-refractivity contribution in [2.24, 2.45) is 0 Å². The predicted molar refractivity (Wildman–Crippen MR) is 84.3 cm³/mol. The third-order valence-electron chi connectivity index (χ3n) is 3.39. The van der Waals surface area contributed by atoms with E-state index in [1.54, 1.807) is 11.8 Å². The molecule has 1 saturated heterocycles. The molecule has 5 nitrogen and oxygen atoms in total. The number of aromatic nitrogens is 2. The molecule has 0 atom stereocenters. The van der Waals surface area contributed by atoms with E-state index in [2.05, 4.69) is 41.6 Å². The zero-order chi connectivity index (χ0) is 14.6. The van der Waals surface area contributed by atoms with Gasteiger partial charge in [-0.15, -0.1) is 11.8 Å². The predicted octanol–water partition coefficient (Wildman–Crippen LogP) is 2.13. The van der Waals surface area contributed by atoms with Gasteiger partial charge in [-0.25, -0.2) is 0 Å². The second kappa shape index (κ2) is 6.63. The molecule has 1 aromatic rings. The van der Waals surface area contributed by atoms with E-state index < -0.39 is 0 Å². The Morgan fingerprint density at radius 3 is 2.75 bits per heavy atom. The van der Waals surface area contributed by atoms with E-state index in [4.69, 9.17) is 0 Å². The van der Waals surface area contributed by atoms with Gasteiger partial charge in [-0.3, -0.25) is 9.89 Å². The highest BCUT2D eigenvalue weighted by Crippen LogP contribution is 2.23.